The number of nitrogens with one attached hydrogen (secondary N) is 2. The standard InChI is InChI=1S/C24H26N2O3S/c1-16-6-10-20(11-7-16)15-25-24(27)21-12-9-19(4)23(14-21)30(28,29)26-22-13-17(2)5-8-18(22)3/h5-14,26H,15H2,1-4H3,(H,25,27). The third-order valence-corrected chi connectivity index (χ3v) is 6.46. The van der Waals surface area contributed by atoms with E-state index in [9.17, 15) is 13.2 Å². The summed E-state index contributed by atoms with van der Waals surface area (Å²) in [5.74, 6) is -0.321. The van der Waals surface area contributed by atoms with Crippen molar-refractivity contribution in [1.29, 1.82) is 0 Å². The number of benzene rings is 3. The highest BCUT2D eigenvalue weighted by molar-refractivity contribution is 7.92. The van der Waals surface area contributed by atoms with Gasteiger partial charge in [-0.1, -0.05) is 48.0 Å². The summed E-state index contributed by atoms with van der Waals surface area (Å²) < 4.78 is 28.7. The summed E-state index contributed by atoms with van der Waals surface area (Å²) in [5.41, 5.74) is 5.31. The number of anilines is 1. The largest absolute Gasteiger partial charge is 0.348 e. The highest BCUT2D eigenvalue weighted by Gasteiger charge is 2.20. The molecule has 0 aliphatic heterocycles. The molecule has 6 heteroatoms. The summed E-state index contributed by atoms with van der Waals surface area (Å²) in [6, 6.07) is 18.2. The van der Waals surface area contributed by atoms with Crippen LogP contribution in [0.2, 0.25) is 0 Å². The predicted molar refractivity (Wildman–Crippen MR) is 120 cm³/mol. The van der Waals surface area contributed by atoms with Crippen molar-refractivity contribution in [3.63, 3.8) is 0 Å². The van der Waals surface area contributed by atoms with Crippen molar-refractivity contribution in [2.24, 2.45) is 0 Å². The second kappa shape index (κ2) is 8.71. The van der Waals surface area contributed by atoms with E-state index in [1.165, 1.54) is 6.07 Å². The zero-order valence-corrected chi connectivity index (χ0v) is 18.4. The van der Waals surface area contributed by atoms with Crippen molar-refractivity contribution in [3.8, 4) is 0 Å². The summed E-state index contributed by atoms with van der Waals surface area (Å²) in [7, 11) is -3.84. The first-order chi connectivity index (χ1) is 14.2. The Morgan fingerprint density at radius 1 is 0.800 bits per heavy atom. The molecule has 0 fully saturated rings. The first-order valence-corrected chi connectivity index (χ1v) is 11.2. The minimum atomic E-state index is -3.84. The van der Waals surface area contributed by atoms with Crippen molar-refractivity contribution in [1.82, 2.24) is 5.32 Å². The monoisotopic (exact) mass is 422 g/mol. The van der Waals surface area contributed by atoms with Crippen molar-refractivity contribution < 1.29 is 13.2 Å². The molecule has 0 aromatic heterocycles. The lowest BCUT2D eigenvalue weighted by molar-refractivity contribution is 0.0950. The molecule has 0 spiro atoms. The topological polar surface area (TPSA) is 75.3 Å². The summed E-state index contributed by atoms with van der Waals surface area (Å²) in [5, 5.41) is 2.84. The number of hydrogen-bond donors (Lipinski definition) is 2. The van der Waals surface area contributed by atoms with Crippen LogP contribution in [0.4, 0.5) is 5.69 Å². The van der Waals surface area contributed by atoms with Crippen LogP contribution in [0, 0.1) is 27.7 Å². The number of amides is 1. The number of carbonyl (C=O) groups is 1. The van der Waals surface area contributed by atoms with E-state index >= 15 is 0 Å². The highest BCUT2D eigenvalue weighted by atomic mass is 32.2. The Hall–Kier alpha value is -3.12. The van der Waals surface area contributed by atoms with E-state index < -0.39 is 10.0 Å². The summed E-state index contributed by atoms with van der Waals surface area (Å²) in [4.78, 5) is 12.7. The predicted octanol–water partition coefficient (Wildman–Crippen LogP) is 4.65. The number of rotatable bonds is 6. The van der Waals surface area contributed by atoms with Gasteiger partial charge in [0.05, 0.1) is 10.6 Å². The molecule has 1 amide bonds. The molecule has 0 bridgehead atoms. The van der Waals surface area contributed by atoms with E-state index in [2.05, 4.69) is 10.0 Å². The van der Waals surface area contributed by atoms with E-state index in [0.717, 1.165) is 22.3 Å². The summed E-state index contributed by atoms with van der Waals surface area (Å²) in [6.07, 6.45) is 0. The lowest BCUT2D eigenvalue weighted by Gasteiger charge is -2.14. The Balaban J connectivity index is 1.82. The van der Waals surface area contributed by atoms with Gasteiger partial charge in [-0.2, -0.15) is 0 Å². The van der Waals surface area contributed by atoms with Crippen LogP contribution in [0.25, 0.3) is 0 Å². The van der Waals surface area contributed by atoms with Gasteiger partial charge in [-0.15, -0.1) is 0 Å². The van der Waals surface area contributed by atoms with Crippen LogP contribution in [0.3, 0.4) is 0 Å². The molecule has 3 rings (SSSR count). The van der Waals surface area contributed by atoms with Crippen molar-refractivity contribution >= 4 is 21.6 Å². The maximum atomic E-state index is 13.0. The van der Waals surface area contributed by atoms with Gasteiger partial charge in [0.2, 0.25) is 0 Å². The van der Waals surface area contributed by atoms with E-state index in [1.54, 1.807) is 25.1 Å². The lowest BCUT2D eigenvalue weighted by Crippen LogP contribution is -2.23. The quantitative estimate of drug-likeness (QED) is 0.607. The Labute approximate surface area is 178 Å². The number of sulfonamides is 1. The van der Waals surface area contributed by atoms with Crippen LogP contribution in [0.15, 0.2) is 65.6 Å². The second-order valence-corrected chi connectivity index (χ2v) is 9.22. The fraction of sp³-hybridized carbons (Fsp3) is 0.208. The van der Waals surface area contributed by atoms with Gasteiger partial charge in [-0.25, -0.2) is 8.42 Å². The normalized spacial score (nSPS) is 11.2. The van der Waals surface area contributed by atoms with E-state index in [4.69, 9.17) is 0 Å². The minimum Gasteiger partial charge on any atom is -0.348 e. The van der Waals surface area contributed by atoms with Gasteiger partial charge in [0.25, 0.3) is 15.9 Å². The Bertz CT molecular complexity index is 1180. The smallest absolute Gasteiger partial charge is 0.262 e. The SMILES string of the molecule is Cc1ccc(CNC(=O)c2ccc(C)c(S(=O)(=O)Nc3cc(C)ccc3C)c2)cc1. The Morgan fingerprint density at radius 3 is 2.13 bits per heavy atom. The minimum absolute atomic E-state index is 0.0893. The van der Waals surface area contributed by atoms with Gasteiger partial charge >= 0.3 is 0 Å². The maximum absolute atomic E-state index is 13.0. The molecule has 0 saturated heterocycles. The third kappa shape index (κ3) is 5.07. The lowest BCUT2D eigenvalue weighted by atomic mass is 10.1. The van der Waals surface area contributed by atoms with E-state index in [-0.39, 0.29) is 10.8 Å². The first kappa shape index (κ1) is 21.6. The van der Waals surface area contributed by atoms with Crippen molar-refractivity contribution in [2.45, 2.75) is 39.1 Å². The zero-order valence-electron chi connectivity index (χ0n) is 17.6. The number of carbonyl (C=O) groups excluding carboxylic acids is 1. The summed E-state index contributed by atoms with van der Waals surface area (Å²) >= 11 is 0. The molecule has 3 aromatic rings. The average Bonchev–Trinajstić information content (AvgIpc) is 2.70. The molecule has 0 unspecified atom stereocenters. The van der Waals surface area contributed by atoms with Crippen LogP contribution in [0.1, 0.15) is 38.2 Å². The Morgan fingerprint density at radius 2 is 1.43 bits per heavy atom. The van der Waals surface area contributed by atoms with Gasteiger partial charge in [0.15, 0.2) is 0 Å². The number of hydrogen-bond acceptors (Lipinski definition) is 3. The van der Waals surface area contributed by atoms with Crippen LogP contribution < -0.4 is 10.0 Å². The fourth-order valence-corrected chi connectivity index (χ4v) is 4.46. The van der Waals surface area contributed by atoms with Crippen LogP contribution >= 0.6 is 0 Å². The number of aryl methyl sites for hydroxylation is 4. The van der Waals surface area contributed by atoms with Crippen molar-refractivity contribution in [3.05, 3.63) is 94.0 Å². The molecule has 2 N–H and O–H groups in total. The van der Waals surface area contributed by atoms with Gasteiger partial charge in [-0.3, -0.25) is 9.52 Å². The van der Waals surface area contributed by atoms with Crippen LogP contribution in [0.5, 0.6) is 0 Å². The van der Waals surface area contributed by atoms with E-state index in [0.29, 0.717) is 23.4 Å². The van der Waals surface area contributed by atoms with Crippen LogP contribution in [-0.4, -0.2) is 14.3 Å². The molecule has 156 valence electrons. The van der Waals surface area contributed by atoms with Crippen molar-refractivity contribution in [2.75, 3.05) is 4.72 Å². The molecular formula is C24H26N2O3S. The molecule has 0 heterocycles. The van der Waals surface area contributed by atoms with Gasteiger partial charge in [-0.05, 0) is 68.1 Å². The van der Waals surface area contributed by atoms with Crippen LogP contribution in [-0.2, 0) is 16.6 Å². The maximum Gasteiger partial charge on any atom is 0.262 e. The van der Waals surface area contributed by atoms with Gasteiger partial charge in [0.1, 0.15) is 0 Å². The van der Waals surface area contributed by atoms with Gasteiger partial charge < -0.3 is 5.32 Å². The third-order valence-electron chi connectivity index (χ3n) is 4.95. The van der Waals surface area contributed by atoms with E-state index in [1.807, 2.05) is 57.2 Å². The molecule has 0 saturated carbocycles. The zero-order chi connectivity index (χ0) is 21.9. The summed E-state index contributed by atoms with van der Waals surface area (Å²) in [6.45, 7) is 7.84. The average molecular weight is 423 g/mol. The molecule has 3 aromatic carbocycles. The molecule has 0 radical (unpaired) electrons. The van der Waals surface area contributed by atoms with Gasteiger partial charge in [0, 0.05) is 12.1 Å². The Kier molecular flexibility index (Phi) is 6.27. The molecular weight excluding hydrogens is 396 g/mol. The first-order valence-electron chi connectivity index (χ1n) is 9.70. The molecule has 0 aliphatic carbocycles. The highest BCUT2D eigenvalue weighted by Crippen LogP contribution is 2.24. The molecule has 5 nitrogen and oxygen atoms in total. The molecule has 0 aliphatic rings. The second-order valence-electron chi connectivity index (χ2n) is 7.57. The fourth-order valence-electron chi connectivity index (χ4n) is 3.07. The molecule has 30 heavy (non-hydrogen) atoms. The molecule has 0 atom stereocenters.